The Labute approximate surface area is 214 Å². The number of nitro groups is 1. The number of likely N-dealkylation sites (N-methyl/N-ethyl adjacent to an activating group) is 1. The average Bonchev–Trinajstić information content (AvgIpc) is 2.77. The van der Waals surface area contributed by atoms with Gasteiger partial charge in [-0.1, -0.05) is 42.3 Å². The van der Waals surface area contributed by atoms with Gasteiger partial charge in [0.2, 0.25) is 21.8 Å². The summed E-state index contributed by atoms with van der Waals surface area (Å²) in [5.41, 5.74) is 0.587. The van der Waals surface area contributed by atoms with E-state index in [-0.39, 0.29) is 29.4 Å². The quantitative estimate of drug-likeness (QED) is 0.359. The van der Waals surface area contributed by atoms with E-state index >= 15 is 0 Å². The van der Waals surface area contributed by atoms with Crippen molar-refractivity contribution in [3.8, 4) is 0 Å². The highest BCUT2D eigenvalue weighted by Crippen LogP contribution is 2.28. The Morgan fingerprint density at radius 2 is 1.83 bits per heavy atom. The zero-order valence-electron chi connectivity index (χ0n) is 19.6. The number of nitrogens with one attached hydrogen (secondary N) is 1. The van der Waals surface area contributed by atoms with Crippen molar-refractivity contribution >= 4 is 56.4 Å². The fourth-order valence-electron chi connectivity index (χ4n) is 3.49. The second-order valence-corrected chi connectivity index (χ2v) is 10.5. The molecule has 0 bridgehead atoms. The number of anilines is 1. The molecule has 0 saturated heterocycles. The SMILES string of the molecule is CC[C@H](C(=O)NC)N(Cc1ccc(Cl)cc1Cl)C(=O)CN(c1cc([N+](=O)[O-])ccc1C)S(C)(=O)=O. The molecule has 2 amide bonds. The summed E-state index contributed by atoms with van der Waals surface area (Å²) >= 11 is 12.3. The molecule has 0 radical (unpaired) electrons. The number of nitrogens with zero attached hydrogens (tertiary/aromatic N) is 3. The fraction of sp³-hybridized carbons (Fsp3) is 0.364. The zero-order valence-corrected chi connectivity index (χ0v) is 21.9. The van der Waals surface area contributed by atoms with Gasteiger partial charge in [0.25, 0.3) is 5.69 Å². The van der Waals surface area contributed by atoms with Crippen LogP contribution in [0.1, 0.15) is 24.5 Å². The van der Waals surface area contributed by atoms with Gasteiger partial charge in [-0.05, 0) is 36.6 Å². The topological polar surface area (TPSA) is 130 Å². The Hall–Kier alpha value is -2.89. The van der Waals surface area contributed by atoms with Gasteiger partial charge in [0, 0.05) is 35.8 Å². The summed E-state index contributed by atoms with van der Waals surface area (Å²) in [6, 6.07) is 7.52. The van der Waals surface area contributed by atoms with Gasteiger partial charge in [0.05, 0.1) is 16.9 Å². The van der Waals surface area contributed by atoms with Crippen LogP contribution in [0.5, 0.6) is 0 Å². The van der Waals surface area contributed by atoms with Gasteiger partial charge >= 0.3 is 0 Å². The number of aryl methyl sites for hydroxylation is 1. The van der Waals surface area contributed by atoms with Crippen LogP contribution in [0.2, 0.25) is 10.0 Å². The van der Waals surface area contributed by atoms with Crippen LogP contribution in [0.3, 0.4) is 0 Å². The summed E-state index contributed by atoms with van der Waals surface area (Å²) < 4.78 is 26.1. The van der Waals surface area contributed by atoms with Crippen LogP contribution in [-0.2, 0) is 26.2 Å². The normalized spacial score (nSPS) is 12.1. The van der Waals surface area contributed by atoms with Crippen molar-refractivity contribution in [2.24, 2.45) is 0 Å². The molecule has 2 aromatic carbocycles. The molecule has 0 aromatic heterocycles. The van der Waals surface area contributed by atoms with E-state index in [1.54, 1.807) is 26.0 Å². The van der Waals surface area contributed by atoms with Crippen molar-refractivity contribution in [3.63, 3.8) is 0 Å². The lowest BCUT2D eigenvalue weighted by Gasteiger charge is -2.33. The molecular weight excluding hydrogens is 519 g/mol. The van der Waals surface area contributed by atoms with Crippen molar-refractivity contribution in [3.05, 3.63) is 67.7 Å². The fourth-order valence-corrected chi connectivity index (χ4v) is 4.86. The lowest BCUT2D eigenvalue weighted by molar-refractivity contribution is -0.384. The molecule has 0 fully saturated rings. The number of carbonyl (C=O) groups is 2. The molecule has 35 heavy (non-hydrogen) atoms. The van der Waals surface area contributed by atoms with Crippen LogP contribution < -0.4 is 9.62 Å². The highest BCUT2D eigenvalue weighted by atomic mass is 35.5. The number of amides is 2. The number of rotatable bonds is 10. The van der Waals surface area contributed by atoms with Gasteiger partial charge in [-0.25, -0.2) is 8.42 Å². The van der Waals surface area contributed by atoms with Crippen LogP contribution in [0.4, 0.5) is 11.4 Å². The molecule has 0 unspecified atom stereocenters. The van der Waals surface area contributed by atoms with Crippen molar-refractivity contribution in [2.45, 2.75) is 32.9 Å². The second-order valence-electron chi connectivity index (χ2n) is 7.79. The summed E-state index contributed by atoms with van der Waals surface area (Å²) in [4.78, 5) is 38.0. The Balaban J connectivity index is 2.55. The molecule has 0 aliphatic carbocycles. The monoisotopic (exact) mass is 544 g/mol. The number of halogens is 2. The van der Waals surface area contributed by atoms with Gasteiger partial charge in [0.15, 0.2) is 0 Å². The standard InChI is InChI=1S/C22H26Cl2N4O6S/c1-5-19(22(30)25-3)26(12-15-7-8-16(23)10-18(15)24)21(29)13-27(35(4,33)34)20-11-17(28(31)32)9-6-14(20)2/h6-11,19H,5,12-13H2,1-4H3,(H,25,30)/t19-/m1/s1. The van der Waals surface area contributed by atoms with E-state index in [0.717, 1.165) is 16.6 Å². The Bertz CT molecular complexity index is 1240. The molecule has 190 valence electrons. The van der Waals surface area contributed by atoms with Crippen LogP contribution in [0.25, 0.3) is 0 Å². The summed E-state index contributed by atoms with van der Waals surface area (Å²) in [6.45, 7) is 2.51. The minimum atomic E-state index is -4.04. The number of carbonyl (C=O) groups excluding carboxylic acids is 2. The van der Waals surface area contributed by atoms with Crippen LogP contribution >= 0.6 is 23.2 Å². The molecule has 13 heteroatoms. The molecule has 0 aliphatic rings. The maximum atomic E-state index is 13.5. The summed E-state index contributed by atoms with van der Waals surface area (Å²) in [7, 11) is -2.61. The van der Waals surface area contributed by atoms with Gasteiger partial charge in [0.1, 0.15) is 12.6 Å². The molecule has 2 rings (SSSR count). The molecule has 1 atom stereocenters. The van der Waals surface area contributed by atoms with Gasteiger partial charge < -0.3 is 10.2 Å². The van der Waals surface area contributed by atoms with Crippen molar-refractivity contribution < 1.29 is 22.9 Å². The number of hydrogen-bond donors (Lipinski definition) is 1. The zero-order chi connectivity index (χ0) is 26.5. The molecule has 2 aromatic rings. The number of non-ortho nitro benzene ring substituents is 1. The van der Waals surface area contributed by atoms with E-state index in [9.17, 15) is 28.1 Å². The Morgan fingerprint density at radius 1 is 1.17 bits per heavy atom. The summed E-state index contributed by atoms with van der Waals surface area (Å²) in [6.07, 6.45) is 1.14. The summed E-state index contributed by atoms with van der Waals surface area (Å²) in [5.74, 6) is -1.13. The van der Waals surface area contributed by atoms with E-state index in [1.165, 1.54) is 30.1 Å². The third-order valence-electron chi connectivity index (χ3n) is 5.34. The van der Waals surface area contributed by atoms with Crippen molar-refractivity contribution in [1.82, 2.24) is 10.2 Å². The third kappa shape index (κ3) is 7.06. The molecular formula is C22H26Cl2N4O6S. The number of nitro benzene ring substituents is 1. The highest BCUT2D eigenvalue weighted by Gasteiger charge is 2.32. The number of hydrogen-bond acceptors (Lipinski definition) is 6. The minimum Gasteiger partial charge on any atom is -0.357 e. The smallest absolute Gasteiger partial charge is 0.271 e. The van der Waals surface area contributed by atoms with E-state index < -0.39 is 39.3 Å². The van der Waals surface area contributed by atoms with E-state index in [2.05, 4.69) is 5.32 Å². The number of sulfonamides is 1. The predicted octanol–water partition coefficient (Wildman–Crippen LogP) is 3.53. The van der Waals surface area contributed by atoms with E-state index in [4.69, 9.17) is 23.2 Å². The van der Waals surface area contributed by atoms with Crippen LogP contribution in [0.15, 0.2) is 36.4 Å². The second kappa shape index (κ2) is 11.7. The van der Waals surface area contributed by atoms with Crippen LogP contribution in [-0.4, -0.2) is 55.9 Å². The van der Waals surface area contributed by atoms with Gasteiger partial charge in [-0.15, -0.1) is 0 Å². The lowest BCUT2D eigenvalue weighted by atomic mass is 10.1. The lowest BCUT2D eigenvalue weighted by Crippen LogP contribution is -2.51. The van der Waals surface area contributed by atoms with Crippen molar-refractivity contribution in [2.75, 3.05) is 24.2 Å². The third-order valence-corrected chi connectivity index (χ3v) is 7.05. The first kappa shape index (κ1) is 28.3. The highest BCUT2D eigenvalue weighted by molar-refractivity contribution is 7.92. The van der Waals surface area contributed by atoms with Gasteiger partial charge in [-0.3, -0.25) is 24.0 Å². The molecule has 10 nitrogen and oxygen atoms in total. The maximum Gasteiger partial charge on any atom is 0.271 e. The van der Waals surface area contributed by atoms with Crippen molar-refractivity contribution in [1.29, 1.82) is 0 Å². The molecule has 0 spiro atoms. The molecule has 0 saturated carbocycles. The molecule has 0 heterocycles. The summed E-state index contributed by atoms with van der Waals surface area (Å²) in [5, 5.41) is 14.4. The van der Waals surface area contributed by atoms with Crippen LogP contribution in [0, 0.1) is 17.0 Å². The largest absolute Gasteiger partial charge is 0.357 e. The van der Waals surface area contributed by atoms with E-state index in [0.29, 0.717) is 16.1 Å². The molecule has 1 N–H and O–H groups in total. The first-order valence-corrected chi connectivity index (χ1v) is 13.1. The first-order chi connectivity index (χ1) is 16.3. The first-order valence-electron chi connectivity index (χ1n) is 10.5. The number of benzene rings is 2. The Morgan fingerprint density at radius 3 is 2.34 bits per heavy atom. The molecule has 0 aliphatic heterocycles. The van der Waals surface area contributed by atoms with E-state index in [1.807, 2.05) is 0 Å². The average molecular weight is 545 g/mol. The minimum absolute atomic E-state index is 0.00693. The Kier molecular flexibility index (Phi) is 9.47. The predicted molar refractivity (Wildman–Crippen MR) is 135 cm³/mol. The van der Waals surface area contributed by atoms with Gasteiger partial charge in [-0.2, -0.15) is 0 Å². The maximum absolute atomic E-state index is 13.5.